The largest absolute Gasteiger partial charge is 0.434 e. The first kappa shape index (κ1) is 8.09. The van der Waals surface area contributed by atoms with Gasteiger partial charge >= 0.3 is 5.95 Å². The van der Waals surface area contributed by atoms with E-state index in [1.165, 1.54) is 27.8 Å². The van der Waals surface area contributed by atoms with Gasteiger partial charge in [-0.05, 0) is 4.92 Å². The highest BCUT2D eigenvalue weighted by Crippen LogP contribution is 2.09. The van der Waals surface area contributed by atoms with Crippen LogP contribution in [0.1, 0.15) is 7.06 Å². The first-order valence-corrected chi connectivity index (χ1v) is 4.04. The molecule has 2 rings (SSSR count). The Kier molecular flexibility index (Phi) is 1.88. The molecule has 0 aromatic carbocycles. The van der Waals surface area contributed by atoms with Gasteiger partial charge in [-0.25, -0.2) is 9.25 Å². The van der Waals surface area contributed by atoms with Crippen LogP contribution in [0.15, 0.2) is 18.6 Å². The average Bonchev–Trinajstić information content (AvgIpc) is 2.86. The van der Waals surface area contributed by atoms with Crippen LogP contribution in [0.3, 0.4) is 0 Å². The second-order valence-corrected chi connectivity index (χ2v) is 2.84. The van der Waals surface area contributed by atoms with E-state index in [0.717, 1.165) is 0 Å². The zero-order valence-electron chi connectivity index (χ0n) is 8.65. The molecule has 0 amide bonds. The lowest BCUT2D eigenvalue weighted by molar-refractivity contribution is -0.396. The summed E-state index contributed by atoms with van der Waals surface area (Å²) in [5, 5.41) is 17.9. The molecule has 2 heterocycles. The molecule has 0 bridgehead atoms. The topological polar surface area (TPSA) is 91.7 Å². The molecular weight excluding hydrogens is 200 g/mol. The van der Waals surface area contributed by atoms with Gasteiger partial charge in [0.05, 0.1) is 11.9 Å². The van der Waals surface area contributed by atoms with Crippen LogP contribution in [0.5, 0.6) is 0 Å². The van der Waals surface area contributed by atoms with Gasteiger partial charge in [-0.1, -0.05) is 10.2 Å². The molecule has 15 heavy (non-hydrogen) atoms. The Balaban J connectivity index is 2.27. The summed E-state index contributed by atoms with van der Waals surface area (Å²) in [6.07, 6.45) is 4.32. The third kappa shape index (κ3) is 1.68. The van der Waals surface area contributed by atoms with Crippen LogP contribution >= 0.6 is 0 Å². The van der Waals surface area contributed by atoms with Crippen molar-refractivity contribution in [3.8, 4) is 0 Å². The van der Waals surface area contributed by atoms with Crippen molar-refractivity contribution in [2.45, 2.75) is 6.54 Å². The molecule has 2 aromatic rings. The van der Waals surface area contributed by atoms with Gasteiger partial charge in [-0.15, -0.1) is 5.10 Å². The molecule has 8 nitrogen and oxygen atoms in total. The summed E-state index contributed by atoms with van der Waals surface area (Å²) in [4.78, 5) is 13.7. The summed E-state index contributed by atoms with van der Waals surface area (Å²) in [6, 6.07) is 0. The minimum Gasteiger partial charge on any atom is -0.390 e. The fourth-order valence-corrected chi connectivity index (χ4v) is 1.17. The molecule has 0 aliphatic carbocycles. The van der Waals surface area contributed by atoms with Crippen molar-refractivity contribution in [1.82, 2.24) is 24.5 Å². The smallest absolute Gasteiger partial charge is 0.390 e. The van der Waals surface area contributed by atoms with Crippen LogP contribution in [0.4, 0.5) is 5.95 Å². The Morgan fingerprint density at radius 1 is 1.73 bits per heavy atom. The maximum Gasteiger partial charge on any atom is 0.434 e. The van der Waals surface area contributed by atoms with Gasteiger partial charge in [0, 0.05) is 8.39 Å². The van der Waals surface area contributed by atoms with E-state index in [2.05, 4.69) is 15.3 Å². The maximum atomic E-state index is 10.6. The standard InChI is InChI=1S/C7H8N6O2/c1-11-6(4-9-10-11)5-12-3-2-8-7(12)13(14)15/h2-4H,5H2,1H3/i1D. The van der Waals surface area contributed by atoms with E-state index in [9.17, 15) is 10.1 Å². The fourth-order valence-electron chi connectivity index (χ4n) is 1.17. The Morgan fingerprint density at radius 3 is 3.33 bits per heavy atom. The molecule has 0 spiro atoms. The quantitative estimate of drug-likeness (QED) is 0.522. The maximum absolute atomic E-state index is 10.6. The molecular formula is C7H8N6O2. The second kappa shape index (κ2) is 3.48. The van der Waals surface area contributed by atoms with Crippen molar-refractivity contribution >= 4 is 5.95 Å². The Labute approximate surface area is 85.7 Å². The third-order valence-electron chi connectivity index (χ3n) is 1.89. The van der Waals surface area contributed by atoms with Crippen LogP contribution in [-0.4, -0.2) is 29.5 Å². The van der Waals surface area contributed by atoms with E-state index in [1.807, 2.05) is 0 Å². The summed E-state index contributed by atoms with van der Waals surface area (Å²) < 4.78 is 9.89. The minimum absolute atomic E-state index is 0.0716. The number of nitrogens with zero attached hydrogens (tertiary/aromatic N) is 6. The molecule has 0 atom stereocenters. The summed E-state index contributed by atoms with van der Waals surface area (Å²) in [5.41, 5.74) is 0.621. The number of rotatable bonds is 3. The van der Waals surface area contributed by atoms with Gasteiger partial charge < -0.3 is 10.1 Å². The van der Waals surface area contributed by atoms with Crippen molar-refractivity contribution in [2.24, 2.45) is 7.02 Å². The van der Waals surface area contributed by atoms with Crippen LogP contribution in [0.25, 0.3) is 0 Å². The number of aromatic nitrogens is 5. The Morgan fingerprint density at radius 2 is 2.60 bits per heavy atom. The van der Waals surface area contributed by atoms with Crippen LogP contribution in [0.2, 0.25) is 0 Å². The number of nitro groups is 1. The zero-order valence-corrected chi connectivity index (χ0v) is 7.65. The molecule has 0 radical (unpaired) electrons. The van der Waals surface area contributed by atoms with E-state index in [-0.39, 0.29) is 19.5 Å². The molecule has 0 aliphatic heterocycles. The highest BCUT2D eigenvalue weighted by Gasteiger charge is 2.15. The van der Waals surface area contributed by atoms with Crippen molar-refractivity contribution < 1.29 is 6.29 Å². The Bertz CT molecular complexity index is 506. The Hall–Kier alpha value is -2.25. The predicted octanol–water partition coefficient (Wildman–Crippen LogP) is -0.0319. The van der Waals surface area contributed by atoms with Gasteiger partial charge in [0.15, 0.2) is 0 Å². The summed E-state index contributed by atoms with van der Waals surface area (Å²) in [7, 11) is -0.0716. The SMILES string of the molecule is [2H]Cn1nncc1Cn1ccnc1[N+](=O)[O-]. The predicted molar refractivity (Wildman–Crippen MR) is 49.0 cm³/mol. The van der Waals surface area contributed by atoms with E-state index < -0.39 is 4.92 Å². The molecule has 0 saturated carbocycles. The molecule has 0 unspecified atom stereocenters. The number of hydrogen-bond donors (Lipinski definition) is 0. The molecule has 78 valence electrons. The lowest BCUT2D eigenvalue weighted by Crippen LogP contribution is -2.07. The third-order valence-corrected chi connectivity index (χ3v) is 1.89. The van der Waals surface area contributed by atoms with Crippen LogP contribution < -0.4 is 0 Å². The van der Waals surface area contributed by atoms with Crippen LogP contribution in [-0.2, 0) is 13.6 Å². The molecule has 0 aliphatic rings. The molecule has 8 heteroatoms. The normalized spacial score (nSPS) is 11.3. The minimum atomic E-state index is -0.561. The summed E-state index contributed by atoms with van der Waals surface area (Å²) in [5.74, 6) is -0.238. The van der Waals surface area contributed by atoms with Crippen molar-refractivity contribution in [1.29, 1.82) is 0 Å². The molecule has 0 fully saturated rings. The summed E-state index contributed by atoms with van der Waals surface area (Å²) >= 11 is 0. The van der Waals surface area contributed by atoms with E-state index in [0.29, 0.717) is 5.69 Å². The fraction of sp³-hybridized carbons (Fsp3) is 0.286. The van der Waals surface area contributed by atoms with Gasteiger partial charge in [0.1, 0.15) is 18.9 Å². The lowest BCUT2D eigenvalue weighted by Gasteiger charge is -2.00. The van der Waals surface area contributed by atoms with E-state index in [1.54, 1.807) is 0 Å². The van der Waals surface area contributed by atoms with Crippen molar-refractivity contribution in [3.63, 3.8) is 0 Å². The van der Waals surface area contributed by atoms with Crippen LogP contribution in [0, 0.1) is 10.1 Å². The second-order valence-electron chi connectivity index (χ2n) is 2.84. The molecule has 0 saturated heterocycles. The summed E-state index contributed by atoms with van der Waals surface area (Å²) in [6.45, 7) is 0.224. The van der Waals surface area contributed by atoms with Gasteiger partial charge in [-0.2, -0.15) is 0 Å². The first-order valence-electron chi connectivity index (χ1n) is 4.75. The molecule has 2 aromatic heterocycles. The number of imidazole rings is 1. The van der Waals surface area contributed by atoms with E-state index >= 15 is 0 Å². The van der Waals surface area contributed by atoms with Gasteiger partial charge in [-0.3, -0.25) is 0 Å². The average molecular weight is 209 g/mol. The number of aryl methyl sites for hydroxylation is 1. The van der Waals surface area contributed by atoms with Gasteiger partial charge in [0.2, 0.25) is 0 Å². The lowest BCUT2D eigenvalue weighted by atomic mass is 10.4. The van der Waals surface area contributed by atoms with Crippen molar-refractivity contribution in [2.75, 3.05) is 0 Å². The van der Waals surface area contributed by atoms with E-state index in [4.69, 9.17) is 1.37 Å². The monoisotopic (exact) mass is 209 g/mol. The highest BCUT2D eigenvalue weighted by molar-refractivity contribution is 5.09. The molecule has 0 N–H and O–H groups in total. The van der Waals surface area contributed by atoms with Crippen molar-refractivity contribution in [3.05, 3.63) is 34.4 Å². The first-order chi connectivity index (χ1) is 7.72. The highest BCUT2D eigenvalue weighted by atomic mass is 16.6. The zero-order chi connectivity index (χ0) is 11.5. The van der Waals surface area contributed by atoms with Gasteiger partial charge in [0.25, 0.3) is 0 Å². The number of hydrogen-bond acceptors (Lipinski definition) is 5.